The molecule has 40 heavy (non-hydrogen) atoms. The summed E-state index contributed by atoms with van der Waals surface area (Å²) in [6.07, 6.45) is 0.0117. The second-order valence-electron chi connectivity index (χ2n) is 8.49. The van der Waals surface area contributed by atoms with Crippen molar-refractivity contribution in [2.45, 2.75) is 30.7 Å². The number of fused-ring (bicyclic) bond motifs is 2. The Morgan fingerprint density at radius 2 is 1.70 bits per heavy atom. The number of thiazole rings is 1. The first-order valence-corrected chi connectivity index (χ1v) is 14.5. The van der Waals surface area contributed by atoms with E-state index >= 15 is 0 Å². The lowest BCUT2D eigenvalue weighted by atomic mass is 10.2. The molecule has 14 heteroatoms. The van der Waals surface area contributed by atoms with Gasteiger partial charge in [0.2, 0.25) is 10.0 Å². The molecular formula is C26H25N5O7S2. The molecule has 12 nitrogen and oxygen atoms in total. The number of hydrogen-bond donors (Lipinski definition) is 0. The first-order chi connectivity index (χ1) is 19.3. The van der Waals surface area contributed by atoms with Gasteiger partial charge in [-0.05, 0) is 24.3 Å². The van der Waals surface area contributed by atoms with Crippen LogP contribution in [-0.2, 0) is 26.1 Å². The predicted molar refractivity (Wildman–Crippen MR) is 143 cm³/mol. The lowest BCUT2D eigenvalue weighted by Crippen LogP contribution is -2.32. The number of nitrogens with zero attached hydrogens (tertiary/aromatic N) is 5. The van der Waals surface area contributed by atoms with E-state index in [-0.39, 0.29) is 49.4 Å². The normalized spacial score (nSPS) is 13.2. The van der Waals surface area contributed by atoms with E-state index in [4.69, 9.17) is 24.7 Å². The smallest absolute Gasteiger partial charge is 0.307 e. The number of ether oxygens (including phenoxy) is 3. The monoisotopic (exact) mass is 583 g/mol. The molecule has 0 saturated carbocycles. The average molecular weight is 584 g/mol. The lowest BCUT2D eigenvalue weighted by Gasteiger charge is -2.20. The number of sulfonamides is 1. The van der Waals surface area contributed by atoms with Crippen LogP contribution in [0.2, 0.25) is 0 Å². The van der Waals surface area contributed by atoms with Gasteiger partial charge in [0.25, 0.3) is 5.91 Å². The van der Waals surface area contributed by atoms with Crippen molar-refractivity contribution in [1.82, 2.24) is 8.87 Å². The van der Waals surface area contributed by atoms with Gasteiger partial charge in [-0.1, -0.05) is 11.3 Å². The summed E-state index contributed by atoms with van der Waals surface area (Å²) in [6, 6.07) is 12.7. The van der Waals surface area contributed by atoms with E-state index in [9.17, 15) is 18.0 Å². The van der Waals surface area contributed by atoms with Crippen molar-refractivity contribution in [3.63, 3.8) is 0 Å². The van der Waals surface area contributed by atoms with Gasteiger partial charge >= 0.3 is 5.97 Å². The van der Waals surface area contributed by atoms with Crippen LogP contribution in [0.4, 0.5) is 0 Å². The molecule has 0 saturated heterocycles. The van der Waals surface area contributed by atoms with Crippen LogP contribution in [0.3, 0.4) is 0 Å². The zero-order chi connectivity index (χ0) is 28.7. The maximum atomic E-state index is 13.1. The summed E-state index contributed by atoms with van der Waals surface area (Å²) in [6.45, 7) is 0.931. The molecule has 0 spiro atoms. The maximum Gasteiger partial charge on any atom is 0.307 e. The van der Waals surface area contributed by atoms with E-state index in [1.807, 2.05) is 12.1 Å². The maximum absolute atomic E-state index is 13.1. The van der Waals surface area contributed by atoms with Crippen LogP contribution in [0.15, 0.2) is 46.3 Å². The van der Waals surface area contributed by atoms with Gasteiger partial charge in [-0.25, -0.2) is 8.42 Å². The molecule has 0 fully saturated rings. The van der Waals surface area contributed by atoms with Crippen LogP contribution in [0.1, 0.15) is 29.6 Å². The van der Waals surface area contributed by atoms with Crippen molar-refractivity contribution < 1.29 is 32.2 Å². The number of carbonyl (C=O) groups excluding carboxylic acids is 2. The molecule has 0 aliphatic carbocycles. The summed E-state index contributed by atoms with van der Waals surface area (Å²) in [5.41, 5.74) is 0.864. The van der Waals surface area contributed by atoms with Crippen molar-refractivity contribution in [2.75, 3.05) is 33.4 Å². The Kier molecular flexibility index (Phi) is 9.16. The number of amides is 1. The molecule has 0 bridgehead atoms. The first kappa shape index (κ1) is 28.8. The predicted octanol–water partition coefficient (Wildman–Crippen LogP) is 2.60. The fourth-order valence-corrected chi connectivity index (χ4v) is 6.49. The summed E-state index contributed by atoms with van der Waals surface area (Å²) < 4.78 is 45.8. The van der Waals surface area contributed by atoms with Crippen LogP contribution < -0.4 is 14.3 Å². The Hall–Kier alpha value is -4.24. The van der Waals surface area contributed by atoms with Gasteiger partial charge in [0, 0.05) is 50.2 Å². The minimum atomic E-state index is -3.98. The number of hydrogen-bond acceptors (Lipinski definition) is 10. The molecule has 0 N–H and O–H groups in total. The van der Waals surface area contributed by atoms with E-state index in [2.05, 4.69) is 4.99 Å². The van der Waals surface area contributed by atoms with E-state index in [0.29, 0.717) is 35.0 Å². The second-order valence-corrected chi connectivity index (χ2v) is 11.4. The number of methoxy groups -OCH3 is 1. The van der Waals surface area contributed by atoms with Crippen molar-refractivity contribution in [3.8, 4) is 23.6 Å². The standard InChI is InChI=1S/C26H25N5O7S2/c1-36-24(32)8-13-31-20-16-21-22(38-15-14-37-21)17-23(20)39-26(31)29-25(33)18-4-6-19(7-5-18)40(34,35)30(11-2-9-27)12-3-10-28/h4-7,16-17H,2-3,8,11-15H2,1H3. The molecule has 4 rings (SSSR count). The highest BCUT2D eigenvalue weighted by atomic mass is 32.2. The molecule has 0 radical (unpaired) electrons. The molecule has 3 aromatic rings. The van der Waals surface area contributed by atoms with Gasteiger partial charge in [0.05, 0.1) is 40.8 Å². The zero-order valence-corrected chi connectivity index (χ0v) is 23.2. The zero-order valence-electron chi connectivity index (χ0n) is 21.5. The van der Waals surface area contributed by atoms with Crippen LogP contribution in [0.5, 0.6) is 11.5 Å². The Morgan fingerprint density at radius 1 is 1.07 bits per heavy atom. The highest BCUT2D eigenvalue weighted by Gasteiger charge is 2.24. The number of rotatable bonds is 10. The molecule has 208 valence electrons. The molecule has 0 unspecified atom stereocenters. The Balaban J connectivity index is 1.67. The largest absolute Gasteiger partial charge is 0.486 e. The quantitative estimate of drug-likeness (QED) is 0.326. The lowest BCUT2D eigenvalue weighted by molar-refractivity contribution is -0.140. The van der Waals surface area contributed by atoms with Crippen molar-refractivity contribution in [2.24, 2.45) is 4.99 Å². The van der Waals surface area contributed by atoms with E-state index in [1.54, 1.807) is 16.7 Å². The summed E-state index contributed by atoms with van der Waals surface area (Å²) in [5.74, 6) is 0.104. The van der Waals surface area contributed by atoms with Gasteiger partial charge < -0.3 is 18.8 Å². The van der Waals surface area contributed by atoms with Crippen LogP contribution in [0, 0.1) is 22.7 Å². The number of carbonyl (C=O) groups is 2. The number of aryl methyl sites for hydroxylation is 1. The summed E-state index contributed by atoms with van der Waals surface area (Å²) >= 11 is 1.24. The minimum Gasteiger partial charge on any atom is -0.486 e. The topological polar surface area (TPSA) is 164 Å². The number of benzene rings is 2. The van der Waals surface area contributed by atoms with E-state index in [1.165, 1.54) is 42.7 Å². The van der Waals surface area contributed by atoms with Gasteiger partial charge in [-0.2, -0.15) is 19.8 Å². The van der Waals surface area contributed by atoms with Gasteiger partial charge in [0.15, 0.2) is 16.3 Å². The Bertz CT molecular complexity index is 1660. The van der Waals surface area contributed by atoms with E-state index in [0.717, 1.165) is 9.01 Å². The molecule has 1 aliphatic rings. The number of nitriles is 2. The molecule has 2 aromatic carbocycles. The van der Waals surface area contributed by atoms with Gasteiger partial charge in [-0.3, -0.25) is 9.59 Å². The van der Waals surface area contributed by atoms with Crippen LogP contribution in [-0.4, -0.2) is 62.6 Å². The highest BCUT2D eigenvalue weighted by molar-refractivity contribution is 7.89. The third kappa shape index (κ3) is 6.31. The summed E-state index contributed by atoms with van der Waals surface area (Å²) in [5, 5.41) is 17.7. The Morgan fingerprint density at radius 3 is 2.30 bits per heavy atom. The first-order valence-electron chi connectivity index (χ1n) is 12.2. The van der Waals surface area contributed by atoms with Crippen LogP contribution >= 0.6 is 11.3 Å². The fourth-order valence-electron chi connectivity index (χ4n) is 3.98. The fraction of sp³-hybridized carbons (Fsp3) is 0.346. The molecule has 1 aromatic heterocycles. The summed E-state index contributed by atoms with van der Waals surface area (Å²) in [4.78, 5) is 29.5. The Labute approximate surface area is 234 Å². The number of aromatic nitrogens is 1. The highest BCUT2D eigenvalue weighted by Crippen LogP contribution is 2.35. The van der Waals surface area contributed by atoms with Crippen molar-refractivity contribution in [1.29, 1.82) is 10.5 Å². The minimum absolute atomic E-state index is 0.0213. The SMILES string of the molecule is COC(=O)CCn1c(=NC(=O)c2ccc(S(=O)(=O)N(CCC#N)CCC#N)cc2)sc2cc3c(cc21)OCCO3. The third-order valence-electron chi connectivity index (χ3n) is 6.00. The molecular weight excluding hydrogens is 558 g/mol. The molecule has 0 atom stereocenters. The second kappa shape index (κ2) is 12.7. The van der Waals surface area contributed by atoms with Crippen LogP contribution in [0.25, 0.3) is 10.2 Å². The molecule has 2 heterocycles. The van der Waals surface area contributed by atoms with Crippen molar-refractivity contribution in [3.05, 3.63) is 46.8 Å². The van der Waals surface area contributed by atoms with Gasteiger partial charge in [0.1, 0.15) is 13.2 Å². The number of esters is 1. The van der Waals surface area contributed by atoms with Crippen molar-refractivity contribution >= 4 is 43.5 Å². The van der Waals surface area contributed by atoms with Gasteiger partial charge in [-0.15, -0.1) is 0 Å². The van der Waals surface area contributed by atoms with E-state index < -0.39 is 21.9 Å². The summed E-state index contributed by atoms with van der Waals surface area (Å²) in [7, 11) is -2.68. The average Bonchev–Trinajstić information content (AvgIpc) is 3.29. The third-order valence-corrected chi connectivity index (χ3v) is 8.95. The molecule has 1 amide bonds. The molecule has 1 aliphatic heterocycles.